The summed E-state index contributed by atoms with van der Waals surface area (Å²) in [5.41, 5.74) is 1.05. The monoisotopic (exact) mass is 274 g/mol. The van der Waals surface area contributed by atoms with E-state index in [0.717, 1.165) is 5.56 Å². The van der Waals surface area contributed by atoms with E-state index in [9.17, 15) is 9.90 Å². The van der Waals surface area contributed by atoms with Gasteiger partial charge in [-0.05, 0) is 12.0 Å². The van der Waals surface area contributed by atoms with Gasteiger partial charge in [-0.1, -0.05) is 37.3 Å². The molecule has 0 bridgehead atoms. The summed E-state index contributed by atoms with van der Waals surface area (Å²) in [4.78, 5) is 16.0. The molecule has 0 aliphatic heterocycles. The average molecular weight is 274 g/mol. The molecule has 1 aromatic carbocycles. The van der Waals surface area contributed by atoms with Crippen molar-refractivity contribution in [3.8, 4) is 0 Å². The zero-order valence-corrected chi connectivity index (χ0v) is 11.3. The van der Waals surface area contributed by atoms with E-state index in [1.807, 2.05) is 37.3 Å². The van der Waals surface area contributed by atoms with Gasteiger partial charge in [-0.15, -0.1) is 5.10 Å². The minimum Gasteiger partial charge on any atom is -0.394 e. The summed E-state index contributed by atoms with van der Waals surface area (Å²) in [7, 11) is 0. The first-order valence-corrected chi connectivity index (χ1v) is 6.59. The van der Waals surface area contributed by atoms with Crippen LogP contribution in [-0.4, -0.2) is 38.8 Å². The molecule has 20 heavy (non-hydrogen) atoms. The topological polar surface area (TPSA) is 90.9 Å². The number of rotatable bonds is 6. The SMILES string of the molecule is CCc1nc(C(=O)NC(CO)Cc2ccccc2)n[nH]1. The first kappa shape index (κ1) is 14.2. The van der Waals surface area contributed by atoms with Crippen molar-refractivity contribution >= 4 is 5.91 Å². The van der Waals surface area contributed by atoms with Gasteiger partial charge in [0.2, 0.25) is 5.82 Å². The van der Waals surface area contributed by atoms with Crippen LogP contribution in [0, 0.1) is 0 Å². The summed E-state index contributed by atoms with van der Waals surface area (Å²) >= 11 is 0. The van der Waals surface area contributed by atoms with Gasteiger partial charge in [-0.3, -0.25) is 9.89 Å². The third-order valence-electron chi connectivity index (χ3n) is 2.95. The Labute approximate surface area is 117 Å². The van der Waals surface area contributed by atoms with Crippen LogP contribution < -0.4 is 5.32 Å². The third kappa shape index (κ3) is 3.64. The summed E-state index contributed by atoms with van der Waals surface area (Å²) in [5.74, 6) is 0.392. The van der Waals surface area contributed by atoms with Crippen LogP contribution in [0.4, 0.5) is 0 Å². The molecule has 2 aromatic rings. The van der Waals surface area contributed by atoms with E-state index >= 15 is 0 Å². The number of carbonyl (C=O) groups excluding carboxylic acids is 1. The number of aliphatic hydroxyl groups excluding tert-OH is 1. The molecule has 0 aliphatic rings. The number of aryl methyl sites for hydroxylation is 1. The van der Waals surface area contributed by atoms with Crippen LogP contribution in [0.2, 0.25) is 0 Å². The molecule has 0 aliphatic carbocycles. The van der Waals surface area contributed by atoms with E-state index < -0.39 is 0 Å². The molecule has 0 saturated carbocycles. The predicted octanol–water partition coefficient (Wildman–Crippen LogP) is 0.700. The normalized spacial score (nSPS) is 12.1. The maximum atomic E-state index is 12.0. The number of benzene rings is 1. The Morgan fingerprint density at radius 3 is 2.75 bits per heavy atom. The van der Waals surface area contributed by atoms with E-state index in [1.165, 1.54) is 0 Å². The molecule has 1 amide bonds. The number of hydrogen-bond acceptors (Lipinski definition) is 4. The molecule has 106 valence electrons. The molecular formula is C14H18N4O2. The van der Waals surface area contributed by atoms with Gasteiger partial charge in [0.25, 0.3) is 5.91 Å². The van der Waals surface area contributed by atoms with Gasteiger partial charge in [-0.2, -0.15) is 0 Å². The number of amides is 1. The van der Waals surface area contributed by atoms with Crippen LogP contribution in [0.5, 0.6) is 0 Å². The highest BCUT2D eigenvalue weighted by Gasteiger charge is 2.17. The van der Waals surface area contributed by atoms with Crippen molar-refractivity contribution in [1.29, 1.82) is 0 Å². The number of H-pyrrole nitrogens is 1. The lowest BCUT2D eigenvalue weighted by molar-refractivity contribution is 0.0906. The van der Waals surface area contributed by atoms with Crippen LogP contribution in [0.1, 0.15) is 28.9 Å². The van der Waals surface area contributed by atoms with Crippen LogP contribution >= 0.6 is 0 Å². The van der Waals surface area contributed by atoms with Crippen molar-refractivity contribution in [1.82, 2.24) is 20.5 Å². The summed E-state index contributed by atoms with van der Waals surface area (Å²) < 4.78 is 0. The first-order chi connectivity index (χ1) is 9.72. The van der Waals surface area contributed by atoms with Gasteiger partial charge in [-0.25, -0.2) is 4.98 Å². The van der Waals surface area contributed by atoms with E-state index in [0.29, 0.717) is 18.7 Å². The molecule has 0 radical (unpaired) electrons. The molecule has 3 N–H and O–H groups in total. The lowest BCUT2D eigenvalue weighted by Gasteiger charge is -2.15. The van der Waals surface area contributed by atoms with Crippen LogP contribution in [0.25, 0.3) is 0 Å². The molecule has 0 spiro atoms. The molecule has 6 heteroatoms. The lowest BCUT2D eigenvalue weighted by atomic mass is 10.1. The number of carbonyl (C=O) groups is 1. The molecule has 1 aromatic heterocycles. The quantitative estimate of drug-likeness (QED) is 0.723. The predicted molar refractivity (Wildman–Crippen MR) is 74.2 cm³/mol. The second-order valence-corrected chi connectivity index (χ2v) is 4.50. The smallest absolute Gasteiger partial charge is 0.291 e. The van der Waals surface area contributed by atoms with Crippen LogP contribution in [0.15, 0.2) is 30.3 Å². The van der Waals surface area contributed by atoms with E-state index in [4.69, 9.17) is 0 Å². The van der Waals surface area contributed by atoms with Crippen molar-refractivity contribution in [2.75, 3.05) is 6.61 Å². The molecule has 2 rings (SSSR count). The second-order valence-electron chi connectivity index (χ2n) is 4.50. The Bertz CT molecular complexity index is 553. The van der Waals surface area contributed by atoms with E-state index in [2.05, 4.69) is 20.5 Å². The average Bonchev–Trinajstić information content (AvgIpc) is 2.96. The van der Waals surface area contributed by atoms with Crippen molar-refractivity contribution < 1.29 is 9.90 Å². The molecule has 1 atom stereocenters. The van der Waals surface area contributed by atoms with Crippen molar-refractivity contribution in [2.24, 2.45) is 0 Å². The molecule has 1 unspecified atom stereocenters. The lowest BCUT2D eigenvalue weighted by Crippen LogP contribution is -2.39. The minimum atomic E-state index is -0.379. The number of aliphatic hydroxyl groups is 1. The minimum absolute atomic E-state index is 0.105. The second kappa shape index (κ2) is 6.81. The van der Waals surface area contributed by atoms with Crippen molar-refractivity contribution in [3.05, 3.63) is 47.5 Å². The Kier molecular flexibility index (Phi) is 4.84. The van der Waals surface area contributed by atoms with Gasteiger partial charge in [0.1, 0.15) is 5.82 Å². The highest BCUT2D eigenvalue weighted by atomic mass is 16.3. The number of nitrogens with zero attached hydrogens (tertiary/aromatic N) is 2. The van der Waals surface area contributed by atoms with Gasteiger partial charge in [0, 0.05) is 6.42 Å². The number of aromatic nitrogens is 3. The first-order valence-electron chi connectivity index (χ1n) is 6.59. The fraction of sp³-hybridized carbons (Fsp3) is 0.357. The zero-order chi connectivity index (χ0) is 14.4. The van der Waals surface area contributed by atoms with E-state index in [1.54, 1.807) is 0 Å². The Hall–Kier alpha value is -2.21. The Balaban J connectivity index is 1.97. The standard InChI is InChI=1S/C14H18N4O2/c1-2-12-16-13(18-17-12)14(20)15-11(9-19)8-10-6-4-3-5-7-10/h3-7,11,19H,2,8-9H2,1H3,(H,15,20)(H,16,17,18). The van der Waals surface area contributed by atoms with Crippen LogP contribution in [-0.2, 0) is 12.8 Å². The molecule has 6 nitrogen and oxygen atoms in total. The fourth-order valence-electron chi connectivity index (χ4n) is 1.86. The molecular weight excluding hydrogens is 256 g/mol. The number of nitrogens with one attached hydrogen (secondary N) is 2. The zero-order valence-electron chi connectivity index (χ0n) is 11.3. The Morgan fingerprint density at radius 1 is 1.40 bits per heavy atom. The molecule has 0 fully saturated rings. The fourth-order valence-corrected chi connectivity index (χ4v) is 1.86. The van der Waals surface area contributed by atoms with Crippen molar-refractivity contribution in [2.45, 2.75) is 25.8 Å². The third-order valence-corrected chi connectivity index (χ3v) is 2.95. The van der Waals surface area contributed by atoms with Crippen molar-refractivity contribution in [3.63, 3.8) is 0 Å². The highest BCUT2D eigenvalue weighted by Crippen LogP contribution is 2.03. The Morgan fingerprint density at radius 2 is 2.15 bits per heavy atom. The summed E-state index contributed by atoms with van der Waals surface area (Å²) in [6.45, 7) is 1.79. The van der Waals surface area contributed by atoms with E-state index in [-0.39, 0.29) is 24.4 Å². The van der Waals surface area contributed by atoms with Gasteiger partial charge >= 0.3 is 0 Å². The largest absolute Gasteiger partial charge is 0.394 e. The van der Waals surface area contributed by atoms with Gasteiger partial charge in [0.05, 0.1) is 12.6 Å². The molecule has 1 heterocycles. The summed E-state index contributed by atoms with van der Waals surface area (Å²) in [6, 6.07) is 9.33. The summed E-state index contributed by atoms with van der Waals surface area (Å²) in [6.07, 6.45) is 1.25. The summed E-state index contributed by atoms with van der Waals surface area (Å²) in [5, 5.41) is 18.7. The maximum absolute atomic E-state index is 12.0. The van der Waals surface area contributed by atoms with Gasteiger partial charge in [0.15, 0.2) is 0 Å². The highest BCUT2D eigenvalue weighted by molar-refractivity contribution is 5.90. The maximum Gasteiger partial charge on any atom is 0.291 e. The number of hydrogen-bond donors (Lipinski definition) is 3. The van der Waals surface area contributed by atoms with Gasteiger partial charge < -0.3 is 10.4 Å². The van der Waals surface area contributed by atoms with Crippen LogP contribution in [0.3, 0.4) is 0 Å². The molecule has 0 saturated heterocycles. The number of aromatic amines is 1.